The summed E-state index contributed by atoms with van der Waals surface area (Å²) in [5, 5.41) is 5.74. The number of unbranched alkanes of at least 4 members (excludes halogenated alkanes) is 3. The average molecular weight is 569 g/mol. The zero-order valence-corrected chi connectivity index (χ0v) is 25.1. The molecule has 2 aromatic rings. The highest BCUT2D eigenvalue weighted by Gasteiger charge is 2.39. The molecule has 220 valence electrons. The third kappa shape index (κ3) is 10.2. The van der Waals surface area contributed by atoms with Crippen LogP contribution < -0.4 is 15.9 Å². The first-order valence-electron chi connectivity index (χ1n) is 13.5. The van der Waals surface area contributed by atoms with E-state index in [0.717, 1.165) is 25.7 Å². The number of fused-ring (bicyclic) bond motifs is 1. The van der Waals surface area contributed by atoms with E-state index in [1.807, 2.05) is 6.92 Å². The predicted octanol–water partition coefficient (Wildman–Crippen LogP) is 3.99. The van der Waals surface area contributed by atoms with Crippen LogP contribution in [0.3, 0.4) is 0 Å². The van der Waals surface area contributed by atoms with E-state index in [2.05, 4.69) is 27.1 Å². The zero-order chi connectivity index (χ0) is 29.2. The van der Waals surface area contributed by atoms with Crippen LogP contribution in [-0.4, -0.2) is 63.2 Å². The minimum absolute atomic E-state index is 0.291. The van der Waals surface area contributed by atoms with Crippen LogP contribution in [-0.2, 0) is 34.9 Å². The lowest BCUT2D eigenvalue weighted by Crippen LogP contribution is -2.50. The summed E-state index contributed by atoms with van der Waals surface area (Å²) in [6, 6.07) is 0.770. The van der Waals surface area contributed by atoms with Gasteiger partial charge in [-0.15, -0.1) is 0 Å². The Balaban J connectivity index is 2.12. The minimum atomic E-state index is -3.68. The fraction of sp³-hybridized carbons (Fsp3) is 0.692. The van der Waals surface area contributed by atoms with Crippen molar-refractivity contribution >= 4 is 36.2 Å². The number of nitrogens with one attached hydrogen (secondary N) is 2. The number of esters is 2. The molecule has 39 heavy (non-hydrogen) atoms. The molecule has 0 bridgehead atoms. The Bertz CT molecular complexity index is 1140. The molecular formula is C26H45N6O6P. The first kappa shape index (κ1) is 32.7. The lowest BCUT2D eigenvalue weighted by Gasteiger charge is -2.32. The van der Waals surface area contributed by atoms with Crippen LogP contribution in [0.1, 0.15) is 74.1 Å². The van der Waals surface area contributed by atoms with E-state index in [1.165, 1.54) is 0 Å². The molecule has 0 aromatic carbocycles. The molecule has 2 aromatic heterocycles. The Morgan fingerprint density at radius 2 is 1.87 bits per heavy atom. The van der Waals surface area contributed by atoms with E-state index in [4.69, 9.17) is 19.9 Å². The molecule has 0 aliphatic rings. The molecule has 2 heterocycles. The van der Waals surface area contributed by atoms with Gasteiger partial charge in [-0.1, -0.05) is 26.2 Å². The van der Waals surface area contributed by atoms with Crippen molar-refractivity contribution in [1.29, 1.82) is 0 Å². The van der Waals surface area contributed by atoms with Crippen molar-refractivity contribution in [2.75, 3.05) is 18.7 Å². The van der Waals surface area contributed by atoms with Crippen molar-refractivity contribution in [1.82, 2.24) is 24.7 Å². The van der Waals surface area contributed by atoms with E-state index in [-0.39, 0.29) is 12.5 Å². The topological polar surface area (TPSA) is 160 Å². The first-order valence-corrected chi connectivity index (χ1v) is 15.4. The van der Waals surface area contributed by atoms with Crippen LogP contribution >= 0.6 is 7.44 Å². The maximum absolute atomic E-state index is 14.1. The predicted molar refractivity (Wildman–Crippen MR) is 151 cm³/mol. The molecular weight excluding hydrogens is 523 g/mol. The van der Waals surface area contributed by atoms with Crippen molar-refractivity contribution in [3.63, 3.8) is 0 Å². The zero-order valence-electron chi connectivity index (χ0n) is 24.2. The smallest absolute Gasteiger partial charge is 0.326 e. The summed E-state index contributed by atoms with van der Waals surface area (Å²) in [5.74, 6) is -1.11. The Kier molecular flexibility index (Phi) is 12.4. The second-order valence-electron chi connectivity index (χ2n) is 10.6. The van der Waals surface area contributed by atoms with Gasteiger partial charge in [-0.05, 0) is 54.0 Å². The largest absolute Gasteiger partial charge is 0.465 e. The number of ether oxygens (including phenoxy) is 3. The van der Waals surface area contributed by atoms with E-state index in [1.54, 1.807) is 57.8 Å². The number of nitrogens with zero attached hydrogens (tertiary/aromatic N) is 3. The highest BCUT2D eigenvalue weighted by atomic mass is 31.2. The molecule has 0 radical (unpaired) electrons. The van der Waals surface area contributed by atoms with Crippen molar-refractivity contribution in [3.8, 4) is 0 Å². The van der Waals surface area contributed by atoms with Gasteiger partial charge >= 0.3 is 11.9 Å². The summed E-state index contributed by atoms with van der Waals surface area (Å²) in [4.78, 5) is 34.0. The lowest BCUT2D eigenvalue weighted by molar-refractivity contribution is -0.153. The Morgan fingerprint density at radius 3 is 2.54 bits per heavy atom. The Hall–Kier alpha value is -2.53. The number of imidazole rings is 1. The Labute approximate surface area is 231 Å². The van der Waals surface area contributed by atoms with Crippen LogP contribution in [0.15, 0.2) is 18.6 Å². The number of hydrogen-bond donors (Lipinski definition) is 3. The van der Waals surface area contributed by atoms with Gasteiger partial charge < -0.3 is 24.5 Å². The molecule has 0 saturated heterocycles. The summed E-state index contributed by atoms with van der Waals surface area (Å²) in [7, 11) is -3.68. The molecule has 0 aliphatic carbocycles. The highest BCUT2D eigenvalue weighted by molar-refractivity contribution is 7.59. The number of anilines is 1. The summed E-state index contributed by atoms with van der Waals surface area (Å²) >= 11 is 0. The van der Waals surface area contributed by atoms with Gasteiger partial charge in [0.2, 0.25) is 7.44 Å². The first-order chi connectivity index (χ1) is 18.3. The van der Waals surface area contributed by atoms with Crippen molar-refractivity contribution in [2.45, 2.75) is 104 Å². The van der Waals surface area contributed by atoms with Crippen molar-refractivity contribution < 1.29 is 28.4 Å². The number of carbonyl (C=O) groups is 2. The van der Waals surface area contributed by atoms with Crippen LogP contribution in [0.4, 0.5) is 5.69 Å². The number of carbonyl (C=O) groups excluding carboxylic acids is 2. The number of nitrogen functional groups attached to an aromatic ring is 1. The third-order valence-electron chi connectivity index (χ3n) is 5.84. The number of pyridine rings is 1. The van der Waals surface area contributed by atoms with Gasteiger partial charge in [0.15, 0.2) is 5.65 Å². The van der Waals surface area contributed by atoms with Gasteiger partial charge in [0.05, 0.1) is 37.4 Å². The molecule has 0 aliphatic heterocycles. The van der Waals surface area contributed by atoms with Crippen molar-refractivity contribution in [2.24, 2.45) is 0 Å². The number of aromatic nitrogens is 3. The normalized spacial score (nSPS) is 15.2. The molecule has 4 N–H and O–H groups in total. The molecule has 13 heteroatoms. The van der Waals surface area contributed by atoms with E-state index in [0.29, 0.717) is 30.0 Å². The van der Waals surface area contributed by atoms with Crippen molar-refractivity contribution in [3.05, 3.63) is 18.6 Å². The lowest BCUT2D eigenvalue weighted by atomic mass is 10.1. The van der Waals surface area contributed by atoms with E-state index in [9.17, 15) is 14.2 Å². The number of nitrogens with two attached hydrogens (primary N) is 1. The maximum atomic E-state index is 14.1. The summed E-state index contributed by atoms with van der Waals surface area (Å²) in [6.07, 6.45) is 6.03. The second-order valence-corrected chi connectivity index (χ2v) is 12.8. The van der Waals surface area contributed by atoms with Crippen LogP contribution in [0.2, 0.25) is 0 Å². The van der Waals surface area contributed by atoms with Gasteiger partial charge in [0.1, 0.15) is 23.4 Å². The number of hydrogen-bond acceptors (Lipinski definition) is 9. The second kappa shape index (κ2) is 14.7. The molecule has 0 amide bonds. The van der Waals surface area contributed by atoms with Gasteiger partial charge in [0, 0.05) is 6.20 Å². The highest BCUT2D eigenvalue weighted by Crippen LogP contribution is 2.40. The fourth-order valence-electron chi connectivity index (χ4n) is 3.83. The fourth-order valence-corrected chi connectivity index (χ4v) is 6.22. The maximum Gasteiger partial charge on any atom is 0.326 e. The van der Waals surface area contributed by atoms with Gasteiger partial charge in [-0.25, -0.2) is 20.1 Å². The van der Waals surface area contributed by atoms with E-state index >= 15 is 0 Å². The standard InChI is InChI=1S/C26H45N6O6P/c1-8-9-10-11-14-36-24(33)20(5)30-39(35,31-26(6,7)25(34)38-18(2)3)17-37-19(4)15-32-16-29-22-21(27)12-13-28-23(22)32/h12-13,16,18-20H,8-11,14-15,17H2,1-7H3,(H2,27,28)(H2,30,31,35)/t19-,20-,39?/m1/s1. The molecule has 0 spiro atoms. The van der Waals surface area contributed by atoms with E-state index < -0.39 is 37.1 Å². The number of rotatable bonds is 17. The van der Waals surface area contributed by atoms with Gasteiger partial charge in [-0.3, -0.25) is 14.2 Å². The van der Waals surface area contributed by atoms with Gasteiger partial charge in [-0.2, -0.15) is 0 Å². The Morgan fingerprint density at radius 1 is 1.15 bits per heavy atom. The van der Waals surface area contributed by atoms with Crippen LogP contribution in [0.5, 0.6) is 0 Å². The van der Waals surface area contributed by atoms with Crippen LogP contribution in [0, 0.1) is 0 Å². The average Bonchev–Trinajstić information content (AvgIpc) is 3.25. The summed E-state index contributed by atoms with van der Waals surface area (Å²) < 4.78 is 32.6. The van der Waals surface area contributed by atoms with Gasteiger partial charge in [0.25, 0.3) is 0 Å². The summed E-state index contributed by atoms with van der Waals surface area (Å²) in [6.45, 7) is 12.7. The SMILES string of the molecule is CCCCCCOC(=O)[C@@H](C)NP(=O)(CO[C@H](C)Cn1cnc2c(N)ccnc21)NC(C)(C)C(=O)OC(C)C. The molecule has 3 atom stereocenters. The minimum Gasteiger partial charge on any atom is -0.465 e. The molecule has 0 saturated carbocycles. The monoisotopic (exact) mass is 568 g/mol. The molecule has 1 unspecified atom stereocenters. The summed E-state index contributed by atoms with van der Waals surface area (Å²) in [5.41, 5.74) is 6.37. The molecule has 12 nitrogen and oxygen atoms in total. The molecule has 2 rings (SSSR count). The molecule has 0 fully saturated rings. The van der Waals surface area contributed by atoms with Crippen LogP contribution in [0.25, 0.3) is 11.2 Å². The third-order valence-corrected chi connectivity index (χ3v) is 8.08. The quantitative estimate of drug-likeness (QED) is 0.144.